The van der Waals surface area contributed by atoms with Crippen molar-refractivity contribution >= 4 is 17.6 Å². The zero-order valence-electron chi connectivity index (χ0n) is 8.02. The van der Waals surface area contributed by atoms with E-state index < -0.39 is 12.1 Å². The van der Waals surface area contributed by atoms with Crippen molar-refractivity contribution in [1.29, 1.82) is 0 Å². The number of ether oxygens (including phenoxy) is 1. The fourth-order valence-corrected chi connectivity index (χ4v) is 1.05. The Morgan fingerprint density at radius 3 is 2.60 bits per heavy atom. The molecule has 0 aliphatic carbocycles. The summed E-state index contributed by atoms with van der Waals surface area (Å²) in [6.45, 7) is -0.0352. The Balaban J connectivity index is 2.43. The van der Waals surface area contributed by atoms with E-state index in [2.05, 4.69) is 0 Å². The van der Waals surface area contributed by atoms with E-state index in [1.807, 2.05) is 0 Å². The summed E-state index contributed by atoms with van der Waals surface area (Å²) < 4.78 is 4.81. The van der Waals surface area contributed by atoms with E-state index in [4.69, 9.17) is 27.2 Å². The van der Waals surface area contributed by atoms with Gasteiger partial charge in [-0.1, -0.05) is 23.7 Å². The summed E-state index contributed by atoms with van der Waals surface area (Å²) >= 11 is 5.68. The van der Waals surface area contributed by atoms with Crippen LogP contribution in [0.4, 0.5) is 0 Å². The number of aliphatic hydroxyl groups excluding tert-OH is 1. The van der Waals surface area contributed by atoms with E-state index >= 15 is 0 Å². The Labute approximate surface area is 92.6 Å². The third-order valence-corrected chi connectivity index (χ3v) is 2.04. The molecule has 0 amide bonds. The smallest absolute Gasteiger partial charge is 0.336 e. The van der Waals surface area contributed by atoms with E-state index in [0.717, 1.165) is 5.56 Å². The molecule has 1 atom stereocenters. The van der Waals surface area contributed by atoms with Gasteiger partial charge in [0.05, 0.1) is 0 Å². The molecule has 0 spiro atoms. The molecular weight excluding hydrogens is 218 g/mol. The van der Waals surface area contributed by atoms with Gasteiger partial charge in [0, 0.05) is 11.6 Å². The van der Waals surface area contributed by atoms with E-state index in [9.17, 15) is 4.79 Å². The molecule has 0 radical (unpaired) electrons. The monoisotopic (exact) mass is 229 g/mol. The average molecular weight is 230 g/mol. The molecule has 0 saturated heterocycles. The first-order valence-electron chi connectivity index (χ1n) is 4.42. The highest BCUT2D eigenvalue weighted by molar-refractivity contribution is 6.30. The van der Waals surface area contributed by atoms with Gasteiger partial charge in [0.15, 0.2) is 6.10 Å². The van der Waals surface area contributed by atoms with Gasteiger partial charge in [0.25, 0.3) is 0 Å². The quantitative estimate of drug-likeness (QED) is 0.746. The summed E-state index contributed by atoms with van der Waals surface area (Å²) in [4.78, 5) is 11.0. The van der Waals surface area contributed by atoms with Crippen LogP contribution in [0.5, 0.6) is 0 Å². The summed E-state index contributed by atoms with van der Waals surface area (Å²) in [5.41, 5.74) is 5.90. The minimum atomic E-state index is -1.25. The minimum Gasteiger partial charge on any atom is -0.459 e. The van der Waals surface area contributed by atoms with Gasteiger partial charge in [-0.15, -0.1) is 0 Å². The Bertz CT molecular complexity index is 326. The number of esters is 1. The van der Waals surface area contributed by atoms with E-state index in [-0.39, 0.29) is 13.2 Å². The van der Waals surface area contributed by atoms with Crippen LogP contribution >= 0.6 is 11.6 Å². The SMILES string of the molecule is NCC(O)C(=O)OCc1ccc(Cl)cc1. The predicted octanol–water partition coefficient (Wildman–Crippen LogP) is 0.703. The second-order valence-electron chi connectivity index (χ2n) is 2.99. The van der Waals surface area contributed by atoms with Gasteiger partial charge in [-0.2, -0.15) is 0 Å². The molecule has 0 heterocycles. The third-order valence-electron chi connectivity index (χ3n) is 1.79. The van der Waals surface area contributed by atoms with Crippen molar-refractivity contribution in [3.8, 4) is 0 Å². The first-order valence-corrected chi connectivity index (χ1v) is 4.80. The number of nitrogens with two attached hydrogens (primary N) is 1. The number of carbonyl (C=O) groups excluding carboxylic acids is 1. The topological polar surface area (TPSA) is 72.5 Å². The molecule has 15 heavy (non-hydrogen) atoms. The maximum atomic E-state index is 11.0. The number of rotatable bonds is 4. The maximum absolute atomic E-state index is 11.0. The highest BCUT2D eigenvalue weighted by atomic mass is 35.5. The first-order chi connectivity index (χ1) is 7.13. The minimum absolute atomic E-state index is 0.104. The molecule has 0 bridgehead atoms. The molecule has 0 fully saturated rings. The molecule has 0 aliphatic rings. The van der Waals surface area contributed by atoms with Crippen molar-refractivity contribution in [1.82, 2.24) is 0 Å². The molecule has 82 valence electrons. The lowest BCUT2D eigenvalue weighted by atomic mass is 10.2. The second kappa shape index (κ2) is 5.70. The number of aliphatic hydroxyl groups is 1. The summed E-state index contributed by atoms with van der Waals surface area (Å²) in [6, 6.07) is 6.88. The van der Waals surface area contributed by atoms with Crippen molar-refractivity contribution in [3.05, 3.63) is 34.9 Å². The summed E-state index contributed by atoms with van der Waals surface area (Å²) in [7, 11) is 0. The van der Waals surface area contributed by atoms with Crippen molar-refractivity contribution in [3.63, 3.8) is 0 Å². The van der Waals surface area contributed by atoms with Crippen molar-refractivity contribution < 1.29 is 14.6 Å². The number of carbonyl (C=O) groups is 1. The van der Waals surface area contributed by atoms with Crippen molar-refractivity contribution in [2.24, 2.45) is 5.73 Å². The molecule has 3 N–H and O–H groups in total. The van der Waals surface area contributed by atoms with Gasteiger partial charge < -0.3 is 15.6 Å². The number of halogens is 1. The summed E-state index contributed by atoms with van der Waals surface area (Å²) in [5.74, 6) is -0.715. The van der Waals surface area contributed by atoms with Crippen molar-refractivity contribution in [2.45, 2.75) is 12.7 Å². The standard InChI is InChI=1S/C10H12ClNO3/c11-8-3-1-7(2-4-8)6-15-10(14)9(13)5-12/h1-4,9,13H,5-6,12H2. The molecule has 1 aromatic carbocycles. The lowest BCUT2D eigenvalue weighted by molar-refractivity contribution is -0.154. The van der Waals surface area contributed by atoms with Crippen LogP contribution in [0.2, 0.25) is 5.02 Å². The number of hydrogen-bond donors (Lipinski definition) is 2. The van der Waals surface area contributed by atoms with E-state index in [0.29, 0.717) is 5.02 Å². The lowest BCUT2D eigenvalue weighted by Gasteiger charge is -2.08. The van der Waals surface area contributed by atoms with Crippen LogP contribution in [0.15, 0.2) is 24.3 Å². The Morgan fingerprint density at radius 2 is 2.07 bits per heavy atom. The molecule has 4 nitrogen and oxygen atoms in total. The average Bonchev–Trinajstić information content (AvgIpc) is 2.26. The van der Waals surface area contributed by atoms with Crippen LogP contribution in [0, 0.1) is 0 Å². The van der Waals surface area contributed by atoms with Gasteiger partial charge in [-0.3, -0.25) is 0 Å². The van der Waals surface area contributed by atoms with Gasteiger partial charge in [0.2, 0.25) is 0 Å². The van der Waals surface area contributed by atoms with Gasteiger partial charge in [-0.25, -0.2) is 4.79 Å². The van der Waals surface area contributed by atoms with Crippen LogP contribution in [0.25, 0.3) is 0 Å². The first kappa shape index (κ1) is 12.0. The molecule has 0 aromatic heterocycles. The number of hydrogen-bond acceptors (Lipinski definition) is 4. The fourth-order valence-electron chi connectivity index (χ4n) is 0.928. The Morgan fingerprint density at radius 1 is 1.47 bits per heavy atom. The molecular formula is C10H12ClNO3. The maximum Gasteiger partial charge on any atom is 0.336 e. The van der Waals surface area contributed by atoms with E-state index in [1.54, 1.807) is 24.3 Å². The zero-order valence-corrected chi connectivity index (χ0v) is 8.78. The molecule has 5 heteroatoms. The molecule has 0 saturated carbocycles. The molecule has 1 rings (SSSR count). The fraction of sp³-hybridized carbons (Fsp3) is 0.300. The second-order valence-corrected chi connectivity index (χ2v) is 3.42. The summed E-state index contributed by atoms with van der Waals surface area (Å²) in [5, 5.41) is 9.65. The van der Waals surface area contributed by atoms with E-state index in [1.165, 1.54) is 0 Å². The molecule has 0 aliphatic heterocycles. The lowest BCUT2D eigenvalue weighted by Crippen LogP contribution is -2.30. The highest BCUT2D eigenvalue weighted by Gasteiger charge is 2.13. The normalized spacial score (nSPS) is 12.2. The van der Waals surface area contributed by atoms with Crippen LogP contribution in [0.1, 0.15) is 5.56 Å². The van der Waals surface area contributed by atoms with Gasteiger partial charge in [-0.05, 0) is 17.7 Å². The van der Waals surface area contributed by atoms with Gasteiger partial charge in [0.1, 0.15) is 6.61 Å². The largest absolute Gasteiger partial charge is 0.459 e. The number of benzene rings is 1. The van der Waals surface area contributed by atoms with Crippen LogP contribution in [0.3, 0.4) is 0 Å². The Hall–Kier alpha value is -1.10. The summed E-state index contributed by atoms with van der Waals surface area (Å²) in [6.07, 6.45) is -1.25. The highest BCUT2D eigenvalue weighted by Crippen LogP contribution is 2.10. The van der Waals surface area contributed by atoms with Crippen LogP contribution in [-0.2, 0) is 16.1 Å². The van der Waals surface area contributed by atoms with Crippen LogP contribution in [-0.4, -0.2) is 23.7 Å². The van der Waals surface area contributed by atoms with Gasteiger partial charge >= 0.3 is 5.97 Å². The molecule has 1 unspecified atom stereocenters. The van der Waals surface area contributed by atoms with Crippen molar-refractivity contribution in [2.75, 3.05) is 6.54 Å². The Kier molecular flexibility index (Phi) is 4.55. The van der Waals surface area contributed by atoms with Crippen LogP contribution < -0.4 is 5.73 Å². The zero-order chi connectivity index (χ0) is 11.3. The molecule has 1 aromatic rings. The predicted molar refractivity (Wildman–Crippen MR) is 56.3 cm³/mol. The third kappa shape index (κ3) is 3.87.